The smallest absolute Gasteiger partial charge is 0.255 e. The van der Waals surface area contributed by atoms with E-state index in [0.29, 0.717) is 17.0 Å². The van der Waals surface area contributed by atoms with Crippen LogP contribution in [0.4, 0.5) is 11.5 Å². The van der Waals surface area contributed by atoms with Crippen LogP contribution in [0.15, 0.2) is 60.8 Å². The zero-order chi connectivity index (χ0) is 24.6. The molecule has 0 aliphatic carbocycles. The second-order valence-electron chi connectivity index (χ2n) is 8.43. The first-order valence-corrected chi connectivity index (χ1v) is 11.7. The zero-order valence-electron chi connectivity index (χ0n) is 20.5. The van der Waals surface area contributed by atoms with Crippen molar-refractivity contribution < 1.29 is 19.0 Å². The van der Waals surface area contributed by atoms with Crippen molar-refractivity contribution in [1.29, 1.82) is 0 Å². The lowest BCUT2D eigenvalue weighted by molar-refractivity contribution is 0.102. The van der Waals surface area contributed by atoms with Gasteiger partial charge in [-0.25, -0.2) is 4.98 Å². The first-order valence-electron chi connectivity index (χ1n) is 11.7. The summed E-state index contributed by atoms with van der Waals surface area (Å²) in [6.07, 6.45) is 2.75. The number of anilines is 2. The van der Waals surface area contributed by atoms with Gasteiger partial charge in [0.1, 0.15) is 23.1 Å². The van der Waals surface area contributed by atoms with Gasteiger partial charge in [-0.05, 0) is 60.5 Å². The van der Waals surface area contributed by atoms with Crippen LogP contribution in [0.2, 0.25) is 0 Å². The number of hydrogen-bond acceptors (Lipinski definition) is 7. The Morgan fingerprint density at radius 1 is 0.857 bits per heavy atom. The van der Waals surface area contributed by atoms with Crippen molar-refractivity contribution >= 4 is 17.4 Å². The van der Waals surface area contributed by atoms with Gasteiger partial charge in [0.05, 0.1) is 33.2 Å². The van der Waals surface area contributed by atoms with Crippen molar-refractivity contribution in [3.8, 4) is 17.2 Å². The molecule has 1 amide bonds. The van der Waals surface area contributed by atoms with Gasteiger partial charge in [0, 0.05) is 44.4 Å². The lowest BCUT2D eigenvalue weighted by Crippen LogP contribution is -2.31. The number of nitrogens with one attached hydrogen (secondary N) is 1. The molecule has 35 heavy (non-hydrogen) atoms. The van der Waals surface area contributed by atoms with Crippen LogP contribution in [-0.4, -0.2) is 63.3 Å². The summed E-state index contributed by atoms with van der Waals surface area (Å²) in [6.45, 7) is 4.59. The van der Waals surface area contributed by atoms with Crippen molar-refractivity contribution in [3.63, 3.8) is 0 Å². The Bertz CT molecular complexity index is 1100. The molecule has 1 fully saturated rings. The van der Waals surface area contributed by atoms with E-state index < -0.39 is 0 Å². The number of benzene rings is 2. The largest absolute Gasteiger partial charge is 0.497 e. The molecule has 0 spiro atoms. The summed E-state index contributed by atoms with van der Waals surface area (Å²) in [7, 11) is 4.94. The van der Waals surface area contributed by atoms with Crippen molar-refractivity contribution in [2.75, 3.05) is 57.7 Å². The van der Waals surface area contributed by atoms with E-state index in [2.05, 4.69) is 32.2 Å². The number of methoxy groups -OCH3 is 3. The van der Waals surface area contributed by atoms with Crippen LogP contribution in [0.1, 0.15) is 22.3 Å². The fraction of sp³-hybridized carbons (Fsp3) is 0.333. The molecule has 0 bridgehead atoms. The van der Waals surface area contributed by atoms with Crippen LogP contribution in [0.3, 0.4) is 0 Å². The standard InChI is InChI=1S/C27H32N4O4/c1-33-23-8-5-21(6-9-23)27(32)29-22-7-10-26(28-18-22)31-12-4-11-30(13-14-31)19-20-15-24(34-2)17-25(16-20)35-3/h5-10,15-18H,4,11-14,19H2,1-3H3,(H,29,32). The normalized spacial score (nSPS) is 14.2. The predicted molar refractivity (Wildman–Crippen MR) is 137 cm³/mol. The van der Waals surface area contributed by atoms with Gasteiger partial charge in [-0.15, -0.1) is 0 Å². The molecule has 0 unspecified atom stereocenters. The highest BCUT2D eigenvalue weighted by Crippen LogP contribution is 2.24. The summed E-state index contributed by atoms with van der Waals surface area (Å²) in [4.78, 5) is 21.8. The lowest BCUT2D eigenvalue weighted by Gasteiger charge is -2.23. The maximum Gasteiger partial charge on any atom is 0.255 e. The van der Waals surface area contributed by atoms with Crippen molar-refractivity contribution in [2.45, 2.75) is 13.0 Å². The second-order valence-corrected chi connectivity index (χ2v) is 8.43. The summed E-state index contributed by atoms with van der Waals surface area (Å²) < 4.78 is 16.0. The van der Waals surface area contributed by atoms with E-state index in [1.54, 1.807) is 51.8 Å². The molecule has 0 atom stereocenters. The van der Waals surface area contributed by atoms with Crippen LogP contribution in [0, 0.1) is 0 Å². The van der Waals surface area contributed by atoms with Crippen LogP contribution in [-0.2, 0) is 6.54 Å². The minimum atomic E-state index is -0.179. The van der Waals surface area contributed by atoms with Gasteiger partial charge in [0.25, 0.3) is 5.91 Å². The number of aromatic nitrogens is 1. The van der Waals surface area contributed by atoms with Gasteiger partial charge in [0.2, 0.25) is 0 Å². The third-order valence-electron chi connectivity index (χ3n) is 6.09. The fourth-order valence-electron chi connectivity index (χ4n) is 4.17. The number of pyridine rings is 1. The molecule has 2 heterocycles. The van der Waals surface area contributed by atoms with Crippen LogP contribution in [0.25, 0.3) is 0 Å². The Kier molecular flexibility index (Phi) is 8.05. The Morgan fingerprint density at radius 2 is 1.57 bits per heavy atom. The second kappa shape index (κ2) is 11.6. The van der Waals surface area contributed by atoms with Crippen LogP contribution >= 0.6 is 0 Å². The number of rotatable bonds is 8. The third-order valence-corrected chi connectivity index (χ3v) is 6.09. The molecule has 1 saturated heterocycles. The van der Waals surface area contributed by atoms with Gasteiger partial charge in [0.15, 0.2) is 0 Å². The molecule has 0 radical (unpaired) electrons. The Hall–Kier alpha value is -3.78. The predicted octanol–water partition coefficient (Wildman–Crippen LogP) is 4.07. The number of amides is 1. The Balaban J connectivity index is 1.33. The van der Waals surface area contributed by atoms with Gasteiger partial charge in [-0.3, -0.25) is 9.69 Å². The minimum absolute atomic E-state index is 0.179. The highest BCUT2D eigenvalue weighted by atomic mass is 16.5. The lowest BCUT2D eigenvalue weighted by atomic mass is 10.2. The van der Waals surface area contributed by atoms with Gasteiger partial charge < -0.3 is 24.4 Å². The van der Waals surface area contributed by atoms with E-state index in [9.17, 15) is 4.79 Å². The summed E-state index contributed by atoms with van der Waals surface area (Å²) in [5, 5.41) is 2.90. The molecule has 8 nitrogen and oxygen atoms in total. The molecular weight excluding hydrogens is 444 g/mol. The first-order chi connectivity index (χ1) is 17.1. The maximum absolute atomic E-state index is 12.5. The van der Waals surface area contributed by atoms with E-state index in [1.165, 1.54) is 5.56 Å². The monoisotopic (exact) mass is 476 g/mol. The minimum Gasteiger partial charge on any atom is -0.497 e. The fourth-order valence-corrected chi connectivity index (χ4v) is 4.17. The Morgan fingerprint density at radius 3 is 2.20 bits per heavy atom. The molecule has 1 aromatic heterocycles. The highest BCUT2D eigenvalue weighted by Gasteiger charge is 2.17. The summed E-state index contributed by atoms with van der Waals surface area (Å²) in [5.74, 6) is 3.06. The molecule has 184 valence electrons. The van der Waals surface area contributed by atoms with Gasteiger partial charge >= 0.3 is 0 Å². The topological polar surface area (TPSA) is 76.2 Å². The average molecular weight is 477 g/mol. The number of carbonyl (C=O) groups excluding carboxylic acids is 1. The number of ether oxygens (including phenoxy) is 3. The number of carbonyl (C=O) groups is 1. The number of hydrogen-bond donors (Lipinski definition) is 1. The quantitative estimate of drug-likeness (QED) is 0.525. The molecule has 0 saturated carbocycles. The van der Waals surface area contributed by atoms with Gasteiger partial charge in [-0.1, -0.05) is 0 Å². The van der Waals surface area contributed by atoms with Crippen molar-refractivity contribution in [1.82, 2.24) is 9.88 Å². The molecule has 4 rings (SSSR count). The Labute approximate surface area is 206 Å². The number of nitrogens with zero attached hydrogens (tertiary/aromatic N) is 3. The molecule has 2 aromatic carbocycles. The van der Waals surface area contributed by atoms with Gasteiger partial charge in [-0.2, -0.15) is 0 Å². The summed E-state index contributed by atoms with van der Waals surface area (Å²) in [5.41, 5.74) is 2.40. The highest BCUT2D eigenvalue weighted by molar-refractivity contribution is 6.04. The molecule has 1 aliphatic rings. The van der Waals surface area contributed by atoms with Crippen molar-refractivity contribution in [3.05, 3.63) is 71.9 Å². The van der Waals surface area contributed by atoms with Crippen molar-refractivity contribution in [2.24, 2.45) is 0 Å². The summed E-state index contributed by atoms with van der Waals surface area (Å²) in [6, 6.07) is 16.9. The SMILES string of the molecule is COc1ccc(C(=O)Nc2ccc(N3CCCN(Cc4cc(OC)cc(OC)c4)CC3)nc2)cc1. The maximum atomic E-state index is 12.5. The van der Waals surface area contributed by atoms with E-state index >= 15 is 0 Å². The molecule has 1 N–H and O–H groups in total. The van der Waals surface area contributed by atoms with Crippen LogP contribution in [0.5, 0.6) is 17.2 Å². The molecule has 1 aliphatic heterocycles. The molecule has 3 aromatic rings. The van der Waals surface area contributed by atoms with E-state index in [1.807, 2.05) is 18.2 Å². The first kappa shape index (κ1) is 24.3. The van der Waals surface area contributed by atoms with E-state index in [-0.39, 0.29) is 5.91 Å². The zero-order valence-corrected chi connectivity index (χ0v) is 20.5. The van der Waals surface area contributed by atoms with E-state index in [4.69, 9.17) is 14.2 Å². The molecule has 8 heteroatoms. The molecular formula is C27H32N4O4. The third kappa shape index (κ3) is 6.42. The summed E-state index contributed by atoms with van der Waals surface area (Å²) >= 11 is 0. The average Bonchev–Trinajstić information content (AvgIpc) is 3.14. The van der Waals surface area contributed by atoms with E-state index in [0.717, 1.165) is 56.5 Å². The van der Waals surface area contributed by atoms with Crippen LogP contribution < -0.4 is 24.4 Å².